The van der Waals surface area contributed by atoms with Gasteiger partial charge in [0, 0.05) is 18.8 Å². The van der Waals surface area contributed by atoms with E-state index in [2.05, 4.69) is 68.6 Å². The predicted molar refractivity (Wildman–Crippen MR) is 90.4 cm³/mol. The van der Waals surface area contributed by atoms with Crippen molar-refractivity contribution in [2.45, 2.75) is 46.5 Å². The van der Waals surface area contributed by atoms with Crippen LogP contribution in [-0.2, 0) is 0 Å². The van der Waals surface area contributed by atoms with E-state index >= 15 is 0 Å². The lowest BCUT2D eigenvalue weighted by molar-refractivity contribution is 0.279. The molecule has 1 aromatic carbocycles. The second-order valence-corrected chi connectivity index (χ2v) is 5.82. The van der Waals surface area contributed by atoms with Crippen molar-refractivity contribution in [1.82, 2.24) is 0 Å². The molecule has 0 atom stereocenters. The Balaban J connectivity index is 2.86. The standard InChI is InChI=1S/C17H29NS/c1-4-12-17(15-19,13-5-2)14-18(6-3)16-10-8-7-9-11-16/h7-11,19H,4-6,12-15H2,1-3H3. The van der Waals surface area contributed by atoms with Gasteiger partial charge in [0.25, 0.3) is 0 Å². The molecule has 0 heterocycles. The van der Waals surface area contributed by atoms with Crippen LogP contribution in [0.25, 0.3) is 0 Å². The van der Waals surface area contributed by atoms with Gasteiger partial charge >= 0.3 is 0 Å². The summed E-state index contributed by atoms with van der Waals surface area (Å²) in [7, 11) is 0. The minimum Gasteiger partial charge on any atom is -0.371 e. The number of nitrogens with zero attached hydrogens (tertiary/aromatic N) is 1. The molecule has 0 aliphatic heterocycles. The minimum absolute atomic E-state index is 0.360. The molecule has 0 saturated carbocycles. The molecule has 0 fully saturated rings. The molecule has 2 heteroatoms. The fraction of sp³-hybridized carbons (Fsp3) is 0.647. The van der Waals surface area contributed by atoms with Crippen molar-refractivity contribution >= 4 is 18.3 Å². The normalized spacial score (nSPS) is 11.6. The number of hydrogen-bond acceptors (Lipinski definition) is 2. The summed E-state index contributed by atoms with van der Waals surface area (Å²) in [6.45, 7) is 9.00. The zero-order valence-electron chi connectivity index (χ0n) is 12.7. The molecule has 0 amide bonds. The van der Waals surface area contributed by atoms with Crippen molar-refractivity contribution in [2.24, 2.45) is 5.41 Å². The maximum Gasteiger partial charge on any atom is 0.0366 e. The molecule has 1 aromatic rings. The zero-order chi connectivity index (χ0) is 14.1. The van der Waals surface area contributed by atoms with E-state index in [-0.39, 0.29) is 0 Å². The second kappa shape index (κ2) is 8.52. The average molecular weight is 279 g/mol. The average Bonchev–Trinajstić information content (AvgIpc) is 2.46. The first-order valence-corrected chi connectivity index (χ1v) is 8.25. The fourth-order valence-electron chi connectivity index (χ4n) is 2.98. The Labute approximate surface area is 124 Å². The molecule has 0 radical (unpaired) electrons. The largest absolute Gasteiger partial charge is 0.371 e. The third-order valence-corrected chi connectivity index (χ3v) is 4.60. The van der Waals surface area contributed by atoms with Crippen LogP contribution < -0.4 is 4.90 Å². The number of para-hydroxylation sites is 1. The van der Waals surface area contributed by atoms with Crippen molar-refractivity contribution < 1.29 is 0 Å². The van der Waals surface area contributed by atoms with E-state index in [1.54, 1.807) is 0 Å². The third kappa shape index (κ3) is 4.76. The maximum absolute atomic E-state index is 4.67. The van der Waals surface area contributed by atoms with Gasteiger partial charge in [-0.15, -0.1) is 0 Å². The Hall–Kier alpha value is -0.630. The smallest absolute Gasteiger partial charge is 0.0366 e. The van der Waals surface area contributed by atoms with Crippen molar-refractivity contribution in [3.05, 3.63) is 30.3 Å². The van der Waals surface area contributed by atoms with E-state index in [9.17, 15) is 0 Å². The van der Waals surface area contributed by atoms with Gasteiger partial charge in [0.05, 0.1) is 0 Å². The van der Waals surface area contributed by atoms with Gasteiger partial charge in [-0.3, -0.25) is 0 Å². The topological polar surface area (TPSA) is 3.24 Å². The number of rotatable bonds is 9. The first-order chi connectivity index (χ1) is 9.21. The minimum atomic E-state index is 0.360. The lowest BCUT2D eigenvalue weighted by atomic mass is 9.80. The van der Waals surface area contributed by atoms with Crippen LogP contribution in [0.4, 0.5) is 5.69 Å². The van der Waals surface area contributed by atoms with Gasteiger partial charge in [-0.2, -0.15) is 12.6 Å². The lowest BCUT2D eigenvalue weighted by Gasteiger charge is -2.38. The number of benzene rings is 1. The SMILES string of the molecule is CCCC(CS)(CCC)CN(CC)c1ccccc1. The molecular formula is C17H29NS. The summed E-state index contributed by atoms with van der Waals surface area (Å²) in [6, 6.07) is 10.8. The molecule has 0 spiro atoms. The van der Waals surface area contributed by atoms with Crippen LogP contribution in [0.3, 0.4) is 0 Å². The summed E-state index contributed by atoms with van der Waals surface area (Å²) >= 11 is 4.67. The van der Waals surface area contributed by atoms with Crippen molar-refractivity contribution in [2.75, 3.05) is 23.7 Å². The Morgan fingerprint density at radius 1 is 1.00 bits per heavy atom. The fourth-order valence-corrected chi connectivity index (χ4v) is 3.40. The van der Waals surface area contributed by atoms with Gasteiger partial charge in [0.2, 0.25) is 0 Å². The lowest BCUT2D eigenvalue weighted by Crippen LogP contribution is -2.39. The quantitative estimate of drug-likeness (QED) is 0.621. The van der Waals surface area contributed by atoms with E-state index in [1.165, 1.54) is 31.4 Å². The van der Waals surface area contributed by atoms with E-state index in [0.717, 1.165) is 18.8 Å². The Bertz CT molecular complexity index is 330. The molecule has 0 unspecified atom stereocenters. The molecule has 19 heavy (non-hydrogen) atoms. The van der Waals surface area contributed by atoms with Crippen LogP contribution in [0.15, 0.2) is 30.3 Å². The number of hydrogen-bond donors (Lipinski definition) is 1. The molecule has 0 aromatic heterocycles. The van der Waals surface area contributed by atoms with Gasteiger partial charge in [0.1, 0.15) is 0 Å². The monoisotopic (exact) mass is 279 g/mol. The van der Waals surface area contributed by atoms with Gasteiger partial charge in [-0.05, 0) is 43.1 Å². The van der Waals surface area contributed by atoms with Crippen molar-refractivity contribution in [3.8, 4) is 0 Å². The highest BCUT2D eigenvalue weighted by atomic mass is 32.1. The summed E-state index contributed by atoms with van der Waals surface area (Å²) < 4.78 is 0. The van der Waals surface area contributed by atoms with E-state index in [4.69, 9.17) is 0 Å². The first kappa shape index (κ1) is 16.4. The Morgan fingerprint density at radius 3 is 2.00 bits per heavy atom. The molecular weight excluding hydrogens is 250 g/mol. The summed E-state index contributed by atoms with van der Waals surface area (Å²) in [5.41, 5.74) is 1.70. The Kier molecular flexibility index (Phi) is 7.37. The molecule has 0 aliphatic carbocycles. The summed E-state index contributed by atoms with van der Waals surface area (Å²) in [4.78, 5) is 2.50. The maximum atomic E-state index is 4.67. The van der Waals surface area contributed by atoms with Crippen LogP contribution in [0.1, 0.15) is 46.5 Å². The van der Waals surface area contributed by atoms with Gasteiger partial charge < -0.3 is 4.90 Å². The van der Waals surface area contributed by atoms with Crippen molar-refractivity contribution in [1.29, 1.82) is 0 Å². The van der Waals surface area contributed by atoms with Crippen LogP contribution >= 0.6 is 12.6 Å². The third-order valence-electron chi connectivity index (χ3n) is 3.93. The van der Waals surface area contributed by atoms with Gasteiger partial charge in [-0.1, -0.05) is 44.9 Å². The second-order valence-electron chi connectivity index (χ2n) is 5.51. The van der Waals surface area contributed by atoms with Gasteiger partial charge in [0.15, 0.2) is 0 Å². The molecule has 0 aliphatic rings. The Morgan fingerprint density at radius 2 is 1.58 bits per heavy atom. The van der Waals surface area contributed by atoms with Crippen LogP contribution in [0, 0.1) is 5.41 Å². The highest BCUT2D eigenvalue weighted by Gasteiger charge is 2.29. The van der Waals surface area contributed by atoms with Crippen LogP contribution in [0.2, 0.25) is 0 Å². The van der Waals surface area contributed by atoms with Crippen molar-refractivity contribution in [3.63, 3.8) is 0 Å². The molecule has 0 saturated heterocycles. The molecule has 0 bridgehead atoms. The predicted octanol–water partition coefficient (Wildman–Crippen LogP) is 5.03. The number of thiol groups is 1. The zero-order valence-corrected chi connectivity index (χ0v) is 13.6. The molecule has 0 N–H and O–H groups in total. The summed E-state index contributed by atoms with van der Waals surface area (Å²) in [5.74, 6) is 0.984. The molecule has 1 nitrogen and oxygen atoms in total. The van der Waals surface area contributed by atoms with E-state index in [1.807, 2.05) is 0 Å². The highest BCUT2D eigenvalue weighted by molar-refractivity contribution is 7.80. The van der Waals surface area contributed by atoms with Crippen LogP contribution in [-0.4, -0.2) is 18.8 Å². The summed E-state index contributed by atoms with van der Waals surface area (Å²) in [6.07, 6.45) is 5.03. The van der Waals surface area contributed by atoms with E-state index in [0.29, 0.717) is 5.41 Å². The highest BCUT2D eigenvalue weighted by Crippen LogP contribution is 2.33. The van der Waals surface area contributed by atoms with Gasteiger partial charge in [-0.25, -0.2) is 0 Å². The number of anilines is 1. The van der Waals surface area contributed by atoms with E-state index < -0.39 is 0 Å². The molecule has 1 rings (SSSR count). The van der Waals surface area contributed by atoms with Crippen LogP contribution in [0.5, 0.6) is 0 Å². The molecule has 108 valence electrons. The summed E-state index contributed by atoms with van der Waals surface area (Å²) in [5, 5.41) is 0. The first-order valence-electron chi connectivity index (χ1n) is 7.62.